The maximum Gasteiger partial charge on any atom is 0.165 e. The maximum absolute atomic E-state index is 8.99. The Balaban J connectivity index is 2.31. The number of rotatable bonds is 4. The average molecular weight is 254 g/mol. The summed E-state index contributed by atoms with van der Waals surface area (Å²) in [5.74, 6) is 0.665. The molecule has 0 aliphatic carbocycles. The number of aromatic nitrogens is 4. The number of alkyl halides is 1. The second-order valence-electron chi connectivity index (χ2n) is 3.48. The van der Waals surface area contributed by atoms with Crippen LogP contribution in [0.1, 0.15) is 0 Å². The highest BCUT2D eigenvalue weighted by Crippen LogP contribution is 2.14. The second kappa shape index (κ2) is 5.11. The van der Waals surface area contributed by atoms with Gasteiger partial charge in [0.15, 0.2) is 11.5 Å². The van der Waals surface area contributed by atoms with E-state index in [-0.39, 0.29) is 6.61 Å². The first kappa shape index (κ1) is 11.8. The SMILES string of the molecule is Nc1ncnc2c1ncn2C/C=C(\CO)CCl. The molecule has 0 radical (unpaired) electrons. The Morgan fingerprint density at radius 3 is 3.00 bits per heavy atom. The Hall–Kier alpha value is -1.66. The van der Waals surface area contributed by atoms with Crippen LogP contribution in [0.3, 0.4) is 0 Å². The molecule has 2 aromatic heterocycles. The van der Waals surface area contributed by atoms with Crippen LogP contribution in [-0.4, -0.2) is 37.1 Å². The second-order valence-corrected chi connectivity index (χ2v) is 3.75. The van der Waals surface area contributed by atoms with E-state index in [1.165, 1.54) is 6.33 Å². The van der Waals surface area contributed by atoms with Crippen LogP contribution in [-0.2, 0) is 6.54 Å². The van der Waals surface area contributed by atoms with E-state index in [4.69, 9.17) is 22.4 Å². The summed E-state index contributed by atoms with van der Waals surface area (Å²) in [6.07, 6.45) is 4.87. The zero-order valence-corrected chi connectivity index (χ0v) is 9.80. The van der Waals surface area contributed by atoms with Crippen molar-refractivity contribution >= 4 is 28.6 Å². The third kappa shape index (κ3) is 2.37. The van der Waals surface area contributed by atoms with Gasteiger partial charge in [-0.3, -0.25) is 0 Å². The minimum absolute atomic E-state index is 0.0484. The molecule has 0 unspecified atom stereocenters. The molecule has 0 saturated carbocycles. The molecule has 0 aliphatic rings. The van der Waals surface area contributed by atoms with Crippen LogP contribution in [0.2, 0.25) is 0 Å². The number of aliphatic hydroxyl groups excluding tert-OH is 1. The van der Waals surface area contributed by atoms with Crippen LogP contribution in [0.25, 0.3) is 11.2 Å². The summed E-state index contributed by atoms with van der Waals surface area (Å²) in [6.45, 7) is 0.489. The van der Waals surface area contributed by atoms with Gasteiger partial charge in [0.1, 0.15) is 11.8 Å². The molecule has 0 saturated heterocycles. The largest absolute Gasteiger partial charge is 0.392 e. The molecule has 2 aromatic rings. The molecule has 0 amide bonds. The Kier molecular flexibility index (Phi) is 3.55. The number of nitrogens with zero attached hydrogens (tertiary/aromatic N) is 4. The topological polar surface area (TPSA) is 89.9 Å². The zero-order chi connectivity index (χ0) is 12.3. The van der Waals surface area contributed by atoms with Crippen molar-refractivity contribution in [3.05, 3.63) is 24.3 Å². The molecule has 6 nitrogen and oxygen atoms in total. The summed E-state index contributed by atoms with van der Waals surface area (Å²) in [6, 6.07) is 0. The number of nitrogen functional groups attached to an aromatic ring is 1. The van der Waals surface area contributed by atoms with Gasteiger partial charge in [0.25, 0.3) is 0 Å². The molecule has 2 rings (SSSR count). The highest BCUT2D eigenvalue weighted by Gasteiger charge is 2.06. The molecule has 0 atom stereocenters. The number of fused-ring (bicyclic) bond motifs is 1. The normalized spacial score (nSPS) is 12.2. The molecule has 90 valence electrons. The van der Waals surface area contributed by atoms with E-state index >= 15 is 0 Å². The summed E-state index contributed by atoms with van der Waals surface area (Å²) in [5.41, 5.74) is 7.68. The quantitative estimate of drug-likeness (QED) is 0.614. The molecule has 17 heavy (non-hydrogen) atoms. The van der Waals surface area contributed by atoms with Crippen LogP contribution < -0.4 is 5.73 Å². The van der Waals surface area contributed by atoms with Gasteiger partial charge in [0.05, 0.1) is 12.9 Å². The first-order valence-corrected chi connectivity index (χ1v) is 5.55. The number of aliphatic hydroxyl groups is 1. The lowest BCUT2D eigenvalue weighted by Gasteiger charge is -2.01. The molecule has 7 heteroatoms. The zero-order valence-electron chi connectivity index (χ0n) is 9.04. The fourth-order valence-corrected chi connectivity index (χ4v) is 1.61. The summed E-state index contributed by atoms with van der Waals surface area (Å²) in [5, 5.41) is 8.99. The van der Waals surface area contributed by atoms with Gasteiger partial charge in [-0.15, -0.1) is 11.6 Å². The molecule has 0 bridgehead atoms. The lowest BCUT2D eigenvalue weighted by atomic mass is 10.3. The fraction of sp³-hybridized carbons (Fsp3) is 0.300. The Morgan fingerprint density at radius 2 is 2.29 bits per heavy atom. The van der Waals surface area contributed by atoms with Gasteiger partial charge in [0.2, 0.25) is 0 Å². The van der Waals surface area contributed by atoms with E-state index in [1.54, 1.807) is 6.33 Å². The van der Waals surface area contributed by atoms with Crippen LogP contribution in [0, 0.1) is 0 Å². The van der Waals surface area contributed by atoms with Crippen LogP contribution in [0.5, 0.6) is 0 Å². The van der Waals surface area contributed by atoms with Crippen molar-refractivity contribution in [1.29, 1.82) is 0 Å². The Morgan fingerprint density at radius 1 is 1.47 bits per heavy atom. The van der Waals surface area contributed by atoms with Gasteiger partial charge in [-0.1, -0.05) is 6.08 Å². The van der Waals surface area contributed by atoms with Crippen molar-refractivity contribution in [3.63, 3.8) is 0 Å². The minimum Gasteiger partial charge on any atom is -0.392 e. The number of hydrogen-bond donors (Lipinski definition) is 2. The number of hydrogen-bond acceptors (Lipinski definition) is 5. The van der Waals surface area contributed by atoms with Crippen molar-refractivity contribution < 1.29 is 5.11 Å². The molecule has 0 spiro atoms. The smallest absolute Gasteiger partial charge is 0.165 e. The highest BCUT2D eigenvalue weighted by atomic mass is 35.5. The van der Waals surface area contributed by atoms with E-state index in [0.717, 1.165) is 5.57 Å². The van der Waals surface area contributed by atoms with E-state index < -0.39 is 0 Å². The third-order valence-electron chi connectivity index (χ3n) is 2.38. The maximum atomic E-state index is 8.99. The van der Waals surface area contributed by atoms with Crippen LogP contribution >= 0.6 is 11.6 Å². The minimum atomic E-state index is -0.0484. The summed E-state index contributed by atoms with van der Waals surface area (Å²) >= 11 is 5.65. The van der Waals surface area contributed by atoms with E-state index in [9.17, 15) is 0 Å². The average Bonchev–Trinajstić information content (AvgIpc) is 2.75. The van der Waals surface area contributed by atoms with Gasteiger partial charge < -0.3 is 15.4 Å². The fourth-order valence-electron chi connectivity index (χ4n) is 1.42. The van der Waals surface area contributed by atoms with Crippen LogP contribution in [0.15, 0.2) is 24.3 Å². The van der Waals surface area contributed by atoms with Gasteiger partial charge in [-0.2, -0.15) is 0 Å². The van der Waals surface area contributed by atoms with E-state index in [2.05, 4.69) is 15.0 Å². The van der Waals surface area contributed by atoms with Crippen molar-refractivity contribution in [2.75, 3.05) is 18.2 Å². The van der Waals surface area contributed by atoms with Crippen molar-refractivity contribution in [1.82, 2.24) is 19.5 Å². The molecule has 0 aliphatic heterocycles. The number of anilines is 1. The van der Waals surface area contributed by atoms with E-state index in [1.807, 2.05) is 10.6 Å². The predicted molar refractivity (Wildman–Crippen MR) is 65.6 cm³/mol. The summed E-state index contributed by atoms with van der Waals surface area (Å²) in [7, 11) is 0. The molecule has 2 heterocycles. The number of imidazole rings is 1. The first-order chi connectivity index (χ1) is 8.26. The van der Waals surface area contributed by atoms with E-state index in [0.29, 0.717) is 29.4 Å². The van der Waals surface area contributed by atoms with Gasteiger partial charge in [-0.25, -0.2) is 15.0 Å². The predicted octanol–water partition coefficient (Wildman–Crippen LogP) is 0.566. The lowest BCUT2D eigenvalue weighted by molar-refractivity contribution is 0.331. The lowest BCUT2D eigenvalue weighted by Crippen LogP contribution is -2.00. The molecule has 0 fully saturated rings. The Bertz CT molecular complexity index is 545. The van der Waals surface area contributed by atoms with Crippen molar-refractivity contribution in [3.8, 4) is 0 Å². The third-order valence-corrected chi connectivity index (χ3v) is 2.72. The number of allylic oxidation sites excluding steroid dienone is 1. The van der Waals surface area contributed by atoms with Crippen LogP contribution in [0.4, 0.5) is 5.82 Å². The molecular weight excluding hydrogens is 242 g/mol. The summed E-state index contributed by atoms with van der Waals surface area (Å²) < 4.78 is 1.82. The number of nitrogens with two attached hydrogens (primary N) is 1. The van der Waals surface area contributed by atoms with Gasteiger partial charge in [-0.05, 0) is 5.57 Å². The highest BCUT2D eigenvalue weighted by molar-refractivity contribution is 6.19. The molecular formula is C10H12ClN5O. The monoisotopic (exact) mass is 253 g/mol. The molecule has 3 N–H and O–H groups in total. The van der Waals surface area contributed by atoms with Gasteiger partial charge in [0, 0.05) is 12.4 Å². The van der Waals surface area contributed by atoms with Crippen molar-refractivity contribution in [2.45, 2.75) is 6.54 Å². The molecule has 0 aromatic carbocycles. The summed E-state index contributed by atoms with van der Waals surface area (Å²) in [4.78, 5) is 12.1. The first-order valence-electron chi connectivity index (χ1n) is 5.02. The standard InChI is InChI=1S/C10H12ClN5O/c11-3-7(4-17)1-2-16-6-15-8-9(12)13-5-14-10(8)16/h1,5-6,17H,2-4H2,(H2,12,13,14)/b7-1-. The number of halogens is 1. The van der Waals surface area contributed by atoms with Gasteiger partial charge >= 0.3 is 0 Å². The Labute approximate surface area is 103 Å². The van der Waals surface area contributed by atoms with Crippen molar-refractivity contribution in [2.24, 2.45) is 0 Å².